The summed E-state index contributed by atoms with van der Waals surface area (Å²) in [6.07, 6.45) is 3.89. The molecule has 0 unspecified atom stereocenters. The summed E-state index contributed by atoms with van der Waals surface area (Å²) in [5.74, 6) is 0.615. The van der Waals surface area contributed by atoms with Crippen molar-refractivity contribution in [1.29, 1.82) is 0 Å². The number of halogens is 4. The van der Waals surface area contributed by atoms with Crippen LogP contribution in [0, 0.1) is 0 Å². The molecule has 1 saturated heterocycles. The van der Waals surface area contributed by atoms with Gasteiger partial charge in [-0.3, -0.25) is 4.90 Å². The first-order valence-electron chi connectivity index (χ1n) is 7.40. The topological polar surface area (TPSA) is 44.7 Å². The van der Waals surface area contributed by atoms with E-state index in [2.05, 4.69) is 48.7 Å². The molecule has 24 heavy (non-hydrogen) atoms. The summed E-state index contributed by atoms with van der Waals surface area (Å²) in [6, 6.07) is 2.19. The van der Waals surface area contributed by atoms with Gasteiger partial charge >= 0.3 is 0 Å². The maximum absolute atomic E-state index is 10.1. The second-order valence-corrected chi connectivity index (χ2v) is 6.90. The van der Waals surface area contributed by atoms with Crippen LogP contribution in [0.5, 0.6) is 11.5 Å². The molecule has 1 aliphatic heterocycles. The normalized spacial score (nSPS) is 15.8. The standard InChI is InChI=1S/C16H22Br2N2O2.2ClH/c1-3-4-5-12(20-8-6-19-7-9-20)11-10-13(22-2)16(21)15(18)14(11)17;;/h3,10,12,19,21H,1,4-9H2,2H3;2*1H/t12-;;/m0../s1. The average molecular weight is 507 g/mol. The van der Waals surface area contributed by atoms with Crippen LogP contribution < -0.4 is 10.1 Å². The van der Waals surface area contributed by atoms with Crippen molar-refractivity contribution in [2.24, 2.45) is 0 Å². The Balaban J connectivity index is 0.00000264. The van der Waals surface area contributed by atoms with Crippen molar-refractivity contribution >= 4 is 56.7 Å². The minimum Gasteiger partial charge on any atom is -0.503 e. The van der Waals surface area contributed by atoms with Crippen LogP contribution >= 0.6 is 56.7 Å². The van der Waals surface area contributed by atoms with Gasteiger partial charge in [-0.1, -0.05) is 6.08 Å². The van der Waals surface area contributed by atoms with Crippen LogP contribution in [-0.2, 0) is 0 Å². The number of methoxy groups -OCH3 is 1. The molecule has 0 aromatic heterocycles. The van der Waals surface area contributed by atoms with Crippen LogP contribution in [0.25, 0.3) is 0 Å². The van der Waals surface area contributed by atoms with E-state index < -0.39 is 0 Å². The molecule has 1 aromatic rings. The van der Waals surface area contributed by atoms with E-state index in [4.69, 9.17) is 4.74 Å². The predicted molar refractivity (Wildman–Crippen MR) is 111 cm³/mol. The van der Waals surface area contributed by atoms with Crippen molar-refractivity contribution in [3.05, 3.63) is 33.2 Å². The maximum atomic E-state index is 10.1. The lowest BCUT2D eigenvalue weighted by Crippen LogP contribution is -2.45. The van der Waals surface area contributed by atoms with E-state index in [-0.39, 0.29) is 36.6 Å². The fourth-order valence-electron chi connectivity index (χ4n) is 2.81. The summed E-state index contributed by atoms with van der Waals surface area (Å²) >= 11 is 7.08. The van der Waals surface area contributed by atoms with Gasteiger partial charge in [0.05, 0.1) is 11.6 Å². The molecule has 1 aliphatic rings. The number of ether oxygens (including phenoxy) is 1. The molecule has 1 heterocycles. The van der Waals surface area contributed by atoms with Gasteiger partial charge in [0.25, 0.3) is 0 Å². The highest BCUT2D eigenvalue weighted by Crippen LogP contribution is 2.45. The second kappa shape index (κ2) is 11.6. The van der Waals surface area contributed by atoms with Crippen molar-refractivity contribution in [1.82, 2.24) is 10.2 Å². The molecular formula is C16H24Br2Cl2N2O2. The molecular weight excluding hydrogens is 483 g/mol. The minimum atomic E-state index is 0. The number of piperazine rings is 1. The Hall–Kier alpha value is 0.0200. The molecule has 0 radical (unpaired) electrons. The molecule has 0 bridgehead atoms. The largest absolute Gasteiger partial charge is 0.503 e. The zero-order valence-electron chi connectivity index (χ0n) is 13.6. The first-order chi connectivity index (χ1) is 10.6. The van der Waals surface area contributed by atoms with E-state index in [9.17, 15) is 5.11 Å². The van der Waals surface area contributed by atoms with Crippen LogP contribution in [-0.4, -0.2) is 43.3 Å². The van der Waals surface area contributed by atoms with Gasteiger partial charge < -0.3 is 15.2 Å². The van der Waals surface area contributed by atoms with E-state index in [1.54, 1.807) is 7.11 Å². The number of hydrogen-bond acceptors (Lipinski definition) is 4. The molecule has 1 atom stereocenters. The zero-order chi connectivity index (χ0) is 16.1. The first kappa shape index (κ1) is 24.0. The summed E-state index contributed by atoms with van der Waals surface area (Å²) in [5, 5.41) is 13.5. The highest BCUT2D eigenvalue weighted by molar-refractivity contribution is 9.13. The number of nitrogens with zero attached hydrogens (tertiary/aromatic N) is 1. The summed E-state index contributed by atoms with van der Waals surface area (Å²) < 4.78 is 6.84. The van der Waals surface area contributed by atoms with E-state index >= 15 is 0 Å². The van der Waals surface area contributed by atoms with E-state index in [1.807, 2.05) is 12.1 Å². The van der Waals surface area contributed by atoms with Gasteiger partial charge in [0.2, 0.25) is 0 Å². The summed E-state index contributed by atoms with van der Waals surface area (Å²) in [6.45, 7) is 7.86. The van der Waals surface area contributed by atoms with Gasteiger partial charge in [-0.2, -0.15) is 0 Å². The van der Waals surface area contributed by atoms with Crippen molar-refractivity contribution in [2.75, 3.05) is 33.3 Å². The molecule has 2 N–H and O–H groups in total. The molecule has 8 heteroatoms. The van der Waals surface area contributed by atoms with Gasteiger partial charge in [-0.25, -0.2) is 0 Å². The van der Waals surface area contributed by atoms with Gasteiger partial charge in [-0.05, 0) is 56.3 Å². The number of aromatic hydroxyl groups is 1. The number of hydrogen-bond donors (Lipinski definition) is 2. The third-order valence-corrected chi connectivity index (χ3v) is 6.15. The van der Waals surface area contributed by atoms with E-state index in [0.717, 1.165) is 49.1 Å². The summed E-state index contributed by atoms with van der Waals surface area (Å²) in [7, 11) is 1.57. The van der Waals surface area contributed by atoms with Crippen molar-refractivity contribution < 1.29 is 9.84 Å². The van der Waals surface area contributed by atoms with E-state index in [0.29, 0.717) is 10.2 Å². The number of phenolic OH excluding ortho intramolecular Hbond substituents is 1. The van der Waals surface area contributed by atoms with Crippen LogP contribution in [0.1, 0.15) is 24.4 Å². The highest BCUT2D eigenvalue weighted by atomic mass is 79.9. The fourth-order valence-corrected chi connectivity index (χ4v) is 3.80. The van der Waals surface area contributed by atoms with Crippen LogP contribution in [0.3, 0.4) is 0 Å². The van der Waals surface area contributed by atoms with Gasteiger partial charge in [-0.15, -0.1) is 31.4 Å². The smallest absolute Gasteiger partial charge is 0.173 e. The van der Waals surface area contributed by atoms with Crippen molar-refractivity contribution in [3.8, 4) is 11.5 Å². The van der Waals surface area contributed by atoms with Gasteiger partial charge in [0.15, 0.2) is 11.5 Å². The number of nitrogens with one attached hydrogen (secondary N) is 1. The quantitative estimate of drug-likeness (QED) is 0.550. The van der Waals surface area contributed by atoms with Crippen molar-refractivity contribution in [2.45, 2.75) is 18.9 Å². The Morgan fingerprint density at radius 3 is 2.50 bits per heavy atom. The molecule has 4 nitrogen and oxygen atoms in total. The maximum Gasteiger partial charge on any atom is 0.173 e. The number of benzene rings is 1. The molecule has 138 valence electrons. The SMILES string of the molecule is C=CCC[C@@H](c1cc(OC)c(O)c(Br)c1Br)N1CCNCC1.Cl.Cl. The minimum absolute atomic E-state index is 0. The average Bonchev–Trinajstić information content (AvgIpc) is 2.55. The van der Waals surface area contributed by atoms with Crippen molar-refractivity contribution in [3.63, 3.8) is 0 Å². The van der Waals surface area contributed by atoms with Gasteiger partial charge in [0, 0.05) is 36.7 Å². The Bertz CT molecular complexity index is 541. The van der Waals surface area contributed by atoms with Crippen LogP contribution in [0.4, 0.5) is 0 Å². The third kappa shape index (κ3) is 5.51. The van der Waals surface area contributed by atoms with E-state index in [1.165, 1.54) is 0 Å². The van der Waals surface area contributed by atoms with Crippen LogP contribution in [0.2, 0.25) is 0 Å². The predicted octanol–water partition coefficient (Wildman–Crippen LogP) is 4.68. The monoisotopic (exact) mass is 504 g/mol. The molecule has 0 spiro atoms. The van der Waals surface area contributed by atoms with Crippen LogP contribution in [0.15, 0.2) is 27.7 Å². The fraction of sp³-hybridized carbons (Fsp3) is 0.500. The number of allylic oxidation sites excluding steroid dienone is 1. The molecule has 1 aromatic carbocycles. The lowest BCUT2D eigenvalue weighted by molar-refractivity contribution is 0.165. The number of phenols is 1. The molecule has 1 fully saturated rings. The molecule has 0 aliphatic carbocycles. The van der Waals surface area contributed by atoms with Gasteiger partial charge in [0.1, 0.15) is 0 Å². The Kier molecular flexibility index (Phi) is 11.6. The third-order valence-electron chi connectivity index (χ3n) is 3.99. The molecule has 0 amide bonds. The number of rotatable bonds is 6. The zero-order valence-corrected chi connectivity index (χ0v) is 18.4. The Morgan fingerprint density at radius 2 is 1.96 bits per heavy atom. The Morgan fingerprint density at radius 1 is 1.33 bits per heavy atom. The lowest BCUT2D eigenvalue weighted by atomic mass is 9.99. The Labute approximate surface area is 173 Å². The molecule has 2 rings (SSSR count). The highest BCUT2D eigenvalue weighted by Gasteiger charge is 2.26. The lowest BCUT2D eigenvalue weighted by Gasteiger charge is -2.36. The summed E-state index contributed by atoms with van der Waals surface area (Å²) in [4.78, 5) is 2.48. The first-order valence-corrected chi connectivity index (χ1v) is 8.99. The molecule has 0 saturated carbocycles. The summed E-state index contributed by atoms with van der Waals surface area (Å²) in [5.41, 5.74) is 1.13. The second-order valence-electron chi connectivity index (χ2n) is 5.31.